The fourth-order valence-corrected chi connectivity index (χ4v) is 2.56. The Balaban J connectivity index is 1.61. The third-order valence-electron chi connectivity index (χ3n) is 4.11. The summed E-state index contributed by atoms with van der Waals surface area (Å²) in [6.07, 6.45) is 0.571. The fourth-order valence-electron chi connectivity index (χ4n) is 2.56. The molecule has 0 bridgehead atoms. The second kappa shape index (κ2) is 9.24. The molecule has 0 radical (unpaired) electrons. The van der Waals surface area contributed by atoms with Gasteiger partial charge in [-0.05, 0) is 55.5 Å². The van der Waals surface area contributed by atoms with Crippen molar-refractivity contribution in [2.24, 2.45) is 0 Å². The van der Waals surface area contributed by atoms with Crippen molar-refractivity contribution < 1.29 is 18.7 Å². The Hall–Kier alpha value is -4.05. The third kappa shape index (κ3) is 5.23. The summed E-state index contributed by atoms with van der Waals surface area (Å²) in [5, 5.41) is 14.6. The lowest BCUT2D eigenvalue weighted by Crippen LogP contribution is -2.30. The van der Waals surface area contributed by atoms with E-state index >= 15 is 0 Å². The number of benzene rings is 2. The van der Waals surface area contributed by atoms with Crippen LogP contribution in [0.4, 0.5) is 11.4 Å². The monoisotopic (exact) mass is 389 g/mol. The van der Waals surface area contributed by atoms with Crippen molar-refractivity contribution in [3.8, 4) is 6.07 Å². The first-order chi connectivity index (χ1) is 14.1. The van der Waals surface area contributed by atoms with Crippen LogP contribution in [0, 0.1) is 11.3 Å². The second-order valence-electron chi connectivity index (χ2n) is 6.20. The summed E-state index contributed by atoms with van der Waals surface area (Å²) in [6.45, 7) is 1.90. The number of rotatable bonds is 7. The Kier molecular flexibility index (Phi) is 6.28. The molecule has 1 aromatic heterocycles. The average molecular weight is 389 g/mol. The van der Waals surface area contributed by atoms with E-state index in [-0.39, 0.29) is 0 Å². The molecule has 0 saturated heterocycles. The van der Waals surface area contributed by atoms with Gasteiger partial charge in [0.1, 0.15) is 5.76 Å². The number of nitrogens with one attached hydrogen (secondary N) is 2. The van der Waals surface area contributed by atoms with Crippen LogP contribution in [0.25, 0.3) is 0 Å². The van der Waals surface area contributed by atoms with Crippen molar-refractivity contribution >= 4 is 23.3 Å². The predicted octanol–water partition coefficient (Wildman–Crippen LogP) is 3.95. The number of hydrogen-bond donors (Lipinski definition) is 2. The minimum absolute atomic E-state index is 0.317. The number of ether oxygens (including phenoxy) is 1. The first-order valence-corrected chi connectivity index (χ1v) is 8.94. The summed E-state index contributed by atoms with van der Waals surface area (Å²) in [6, 6.07) is 18.9. The Bertz CT molecular complexity index is 1020. The molecule has 2 aromatic carbocycles. The van der Waals surface area contributed by atoms with Gasteiger partial charge in [-0.25, -0.2) is 4.79 Å². The molecule has 1 atom stereocenters. The van der Waals surface area contributed by atoms with Gasteiger partial charge in [-0.15, -0.1) is 0 Å². The van der Waals surface area contributed by atoms with E-state index in [1.807, 2.05) is 12.1 Å². The number of para-hydroxylation sites is 1. The highest BCUT2D eigenvalue weighted by Crippen LogP contribution is 2.19. The largest absolute Gasteiger partial charge is 0.467 e. The number of amides is 1. The van der Waals surface area contributed by atoms with Crippen LogP contribution >= 0.6 is 0 Å². The Labute approximate surface area is 167 Å². The van der Waals surface area contributed by atoms with Crippen LogP contribution in [0.5, 0.6) is 0 Å². The van der Waals surface area contributed by atoms with E-state index in [0.717, 1.165) is 5.76 Å². The van der Waals surface area contributed by atoms with Crippen LogP contribution in [0.3, 0.4) is 0 Å². The van der Waals surface area contributed by atoms with E-state index in [2.05, 4.69) is 10.6 Å². The zero-order valence-electron chi connectivity index (χ0n) is 15.7. The molecule has 0 spiro atoms. The predicted molar refractivity (Wildman–Crippen MR) is 107 cm³/mol. The quantitative estimate of drug-likeness (QED) is 0.593. The van der Waals surface area contributed by atoms with Crippen LogP contribution in [0.1, 0.15) is 28.6 Å². The highest BCUT2D eigenvalue weighted by Gasteiger charge is 2.21. The molecule has 29 heavy (non-hydrogen) atoms. The maximum absolute atomic E-state index is 12.6. The lowest BCUT2D eigenvalue weighted by molar-refractivity contribution is -0.123. The summed E-state index contributed by atoms with van der Waals surface area (Å²) in [7, 11) is 0. The van der Waals surface area contributed by atoms with Gasteiger partial charge in [0, 0.05) is 11.4 Å². The van der Waals surface area contributed by atoms with E-state index in [0.29, 0.717) is 29.0 Å². The molecule has 0 saturated carbocycles. The van der Waals surface area contributed by atoms with Gasteiger partial charge in [-0.1, -0.05) is 12.1 Å². The van der Waals surface area contributed by atoms with Crippen LogP contribution in [0.2, 0.25) is 0 Å². The van der Waals surface area contributed by atoms with Gasteiger partial charge in [0.05, 0.1) is 30.0 Å². The van der Waals surface area contributed by atoms with E-state index in [9.17, 15) is 9.59 Å². The molecule has 146 valence electrons. The molecule has 0 fully saturated rings. The smallest absolute Gasteiger partial charge is 0.341 e. The number of nitriles is 1. The van der Waals surface area contributed by atoms with Gasteiger partial charge in [0.2, 0.25) is 0 Å². The van der Waals surface area contributed by atoms with Gasteiger partial charge >= 0.3 is 5.97 Å². The molecular formula is C22H19N3O4. The fraction of sp³-hybridized carbons (Fsp3) is 0.136. The summed E-state index contributed by atoms with van der Waals surface area (Å²) >= 11 is 0. The van der Waals surface area contributed by atoms with Crippen molar-refractivity contribution in [3.63, 3.8) is 0 Å². The van der Waals surface area contributed by atoms with E-state index in [4.69, 9.17) is 14.4 Å². The third-order valence-corrected chi connectivity index (χ3v) is 4.11. The number of carbonyl (C=O) groups is 2. The lowest BCUT2D eigenvalue weighted by Gasteiger charge is -2.15. The Morgan fingerprint density at radius 3 is 2.55 bits per heavy atom. The maximum Gasteiger partial charge on any atom is 0.341 e. The lowest BCUT2D eigenvalue weighted by atomic mass is 10.1. The number of hydrogen-bond acceptors (Lipinski definition) is 6. The summed E-state index contributed by atoms with van der Waals surface area (Å²) in [5.74, 6) is -0.359. The normalized spacial score (nSPS) is 11.2. The topological polar surface area (TPSA) is 104 Å². The number of furan rings is 1. The molecule has 3 rings (SSSR count). The van der Waals surface area contributed by atoms with Gasteiger partial charge in [0.15, 0.2) is 6.10 Å². The molecule has 2 N–H and O–H groups in total. The average Bonchev–Trinajstić information content (AvgIpc) is 3.26. The SMILES string of the molecule is C[C@H](OC(=O)c1ccccc1NCc1ccco1)C(=O)Nc1ccc(C#N)cc1. The molecule has 7 nitrogen and oxygen atoms in total. The van der Waals surface area contributed by atoms with Crippen LogP contribution in [-0.2, 0) is 16.1 Å². The van der Waals surface area contributed by atoms with Gasteiger partial charge < -0.3 is 19.8 Å². The molecular weight excluding hydrogens is 370 g/mol. The summed E-state index contributed by atoms with van der Waals surface area (Å²) in [4.78, 5) is 24.9. The van der Waals surface area contributed by atoms with Crippen LogP contribution in [0.15, 0.2) is 71.3 Å². The number of esters is 1. The van der Waals surface area contributed by atoms with Crippen LogP contribution < -0.4 is 10.6 Å². The molecule has 0 aliphatic carbocycles. The van der Waals surface area contributed by atoms with Crippen molar-refractivity contribution in [2.75, 3.05) is 10.6 Å². The molecule has 1 heterocycles. The van der Waals surface area contributed by atoms with Gasteiger partial charge in [-0.3, -0.25) is 4.79 Å². The standard InChI is InChI=1S/C22H19N3O4/c1-15(21(26)25-17-10-8-16(13-23)9-11-17)29-22(27)19-6-2-3-7-20(19)24-14-18-5-4-12-28-18/h2-12,15,24H,14H2,1H3,(H,25,26)/t15-/m0/s1. The van der Waals surface area contributed by atoms with E-state index in [1.54, 1.807) is 60.9 Å². The highest BCUT2D eigenvalue weighted by molar-refractivity contribution is 5.99. The summed E-state index contributed by atoms with van der Waals surface area (Å²) in [5.41, 5.74) is 1.89. The highest BCUT2D eigenvalue weighted by atomic mass is 16.5. The molecule has 0 aliphatic rings. The maximum atomic E-state index is 12.6. The zero-order valence-corrected chi connectivity index (χ0v) is 15.7. The number of nitrogens with zero attached hydrogens (tertiary/aromatic N) is 1. The first kappa shape index (κ1) is 19.7. The van der Waals surface area contributed by atoms with Gasteiger partial charge in [0.25, 0.3) is 5.91 Å². The van der Waals surface area contributed by atoms with Crippen LogP contribution in [-0.4, -0.2) is 18.0 Å². The van der Waals surface area contributed by atoms with E-state index < -0.39 is 18.0 Å². The van der Waals surface area contributed by atoms with Crippen molar-refractivity contribution in [1.29, 1.82) is 5.26 Å². The minimum Gasteiger partial charge on any atom is -0.467 e. The Morgan fingerprint density at radius 1 is 1.10 bits per heavy atom. The van der Waals surface area contributed by atoms with E-state index in [1.165, 1.54) is 6.92 Å². The Morgan fingerprint density at radius 2 is 1.86 bits per heavy atom. The number of anilines is 2. The van der Waals surface area contributed by atoms with Crippen molar-refractivity contribution in [3.05, 3.63) is 83.8 Å². The number of carbonyl (C=O) groups excluding carboxylic acids is 2. The first-order valence-electron chi connectivity index (χ1n) is 8.94. The summed E-state index contributed by atoms with van der Waals surface area (Å²) < 4.78 is 10.6. The van der Waals surface area contributed by atoms with Crippen molar-refractivity contribution in [2.45, 2.75) is 19.6 Å². The molecule has 3 aromatic rings. The van der Waals surface area contributed by atoms with Gasteiger partial charge in [-0.2, -0.15) is 5.26 Å². The molecule has 0 aliphatic heterocycles. The molecule has 1 amide bonds. The molecule has 7 heteroatoms. The van der Waals surface area contributed by atoms with Crippen molar-refractivity contribution in [1.82, 2.24) is 0 Å². The zero-order chi connectivity index (χ0) is 20.6. The molecule has 0 unspecified atom stereocenters. The minimum atomic E-state index is -1.00. The second-order valence-corrected chi connectivity index (χ2v) is 6.20.